The summed E-state index contributed by atoms with van der Waals surface area (Å²) in [6, 6.07) is 20.6. The van der Waals surface area contributed by atoms with Crippen molar-refractivity contribution in [1.82, 2.24) is 9.97 Å². The Morgan fingerprint density at radius 3 is 2.36 bits per heavy atom. The van der Waals surface area contributed by atoms with Gasteiger partial charge in [-0.15, -0.1) is 0 Å². The number of hydrogen-bond acceptors (Lipinski definition) is 2. The van der Waals surface area contributed by atoms with Crippen LogP contribution in [-0.4, -0.2) is 9.97 Å². The number of nitrogens with zero attached hydrogens (tertiary/aromatic N) is 2. The molecular formula is C22H17BrN2. The van der Waals surface area contributed by atoms with Crippen LogP contribution in [0.2, 0.25) is 0 Å². The van der Waals surface area contributed by atoms with Crippen molar-refractivity contribution in [3.8, 4) is 22.6 Å². The lowest BCUT2D eigenvalue weighted by Gasteiger charge is -2.10. The number of rotatable bonds is 3. The highest BCUT2D eigenvalue weighted by Crippen LogP contribution is 2.28. The molecule has 1 heterocycles. The highest BCUT2D eigenvalue weighted by atomic mass is 79.9. The van der Waals surface area contributed by atoms with Gasteiger partial charge in [0.15, 0.2) is 5.82 Å². The zero-order valence-electron chi connectivity index (χ0n) is 13.7. The molecule has 2 aromatic carbocycles. The quantitative estimate of drug-likeness (QED) is 0.491. The molecule has 122 valence electrons. The zero-order valence-corrected chi connectivity index (χ0v) is 15.3. The van der Waals surface area contributed by atoms with Gasteiger partial charge in [-0.1, -0.05) is 66.8 Å². The van der Waals surface area contributed by atoms with Crippen LogP contribution >= 0.6 is 15.9 Å². The molecule has 1 aliphatic carbocycles. The van der Waals surface area contributed by atoms with Gasteiger partial charge in [0.25, 0.3) is 0 Å². The number of allylic oxidation sites excluding steroid dienone is 4. The molecule has 0 atom stereocenters. The molecule has 25 heavy (non-hydrogen) atoms. The molecule has 0 N–H and O–H groups in total. The van der Waals surface area contributed by atoms with Crippen molar-refractivity contribution < 1.29 is 0 Å². The van der Waals surface area contributed by atoms with Gasteiger partial charge in [0, 0.05) is 11.1 Å². The van der Waals surface area contributed by atoms with Gasteiger partial charge in [-0.25, -0.2) is 9.97 Å². The van der Waals surface area contributed by atoms with E-state index in [1.54, 1.807) is 0 Å². The topological polar surface area (TPSA) is 25.8 Å². The molecule has 3 heteroatoms. The van der Waals surface area contributed by atoms with E-state index in [1.165, 1.54) is 11.1 Å². The summed E-state index contributed by atoms with van der Waals surface area (Å²) in [5.41, 5.74) is 5.50. The van der Waals surface area contributed by atoms with Crippen LogP contribution in [0.3, 0.4) is 0 Å². The average molecular weight is 389 g/mol. The Morgan fingerprint density at radius 1 is 0.760 bits per heavy atom. The minimum absolute atomic E-state index is 0.732. The maximum absolute atomic E-state index is 4.78. The van der Waals surface area contributed by atoms with Crippen LogP contribution in [0, 0.1) is 0 Å². The highest BCUT2D eigenvalue weighted by molar-refractivity contribution is 9.10. The summed E-state index contributed by atoms with van der Waals surface area (Å²) in [6.45, 7) is 0. The maximum atomic E-state index is 4.78. The summed E-state index contributed by atoms with van der Waals surface area (Å²) < 4.78 is 0.790. The van der Waals surface area contributed by atoms with E-state index in [1.807, 2.05) is 24.3 Å². The minimum Gasteiger partial charge on any atom is -0.228 e. The first kappa shape index (κ1) is 16.0. The van der Waals surface area contributed by atoms with Gasteiger partial charge < -0.3 is 0 Å². The van der Waals surface area contributed by atoms with Crippen LogP contribution in [-0.2, 0) is 0 Å². The molecule has 2 nitrogen and oxygen atoms in total. The monoisotopic (exact) mass is 388 g/mol. The van der Waals surface area contributed by atoms with E-state index in [0.29, 0.717) is 0 Å². The fourth-order valence-corrected chi connectivity index (χ4v) is 3.35. The van der Waals surface area contributed by atoms with Gasteiger partial charge in [-0.3, -0.25) is 0 Å². The summed E-state index contributed by atoms with van der Waals surface area (Å²) in [5, 5.41) is 0. The first-order valence-electron chi connectivity index (χ1n) is 8.37. The van der Waals surface area contributed by atoms with Gasteiger partial charge in [-0.2, -0.15) is 0 Å². The summed E-state index contributed by atoms with van der Waals surface area (Å²) in [6.07, 6.45) is 8.93. The van der Waals surface area contributed by atoms with Gasteiger partial charge in [0.05, 0.1) is 5.69 Å². The second-order valence-electron chi connectivity index (χ2n) is 5.99. The van der Waals surface area contributed by atoms with Gasteiger partial charge in [-0.05, 0) is 52.0 Å². The third-order valence-electron chi connectivity index (χ3n) is 4.21. The molecule has 0 spiro atoms. The average Bonchev–Trinajstić information content (AvgIpc) is 2.69. The van der Waals surface area contributed by atoms with Crippen LogP contribution in [0.25, 0.3) is 28.2 Å². The molecule has 0 aliphatic heterocycles. The van der Waals surface area contributed by atoms with Gasteiger partial charge in [0.2, 0.25) is 0 Å². The Bertz CT molecular complexity index is 959. The van der Waals surface area contributed by atoms with E-state index in [-0.39, 0.29) is 0 Å². The van der Waals surface area contributed by atoms with E-state index >= 15 is 0 Å². The fourth-order valence-electron chi connectivity index (χ4n) is 2.97. The molecule has 1 aliphatic rings. The third-order valence-corrected chi connectivity index (χ3v) is 4.62. The highest BCUT2D eigenvalue weighted by Gasteiger charge is 2.09. The molecule has 0 amide bonds. The summed E-state index contributed by atoms with van der Waals surface area (Å²) in [7, 11) is 0. The molecule has 4 rings (SSSR count). The predicted molar refractivity (Wildman–Crippen MR) is 107 cm³/mol. The number of halogens is 1. The largest absolute Gasteiger partial charge is 0.228 e. The standard InChI is InChI=1S/C22H17BrN2/c23-21-15-20(17-10-5-2-6-11-17)24-22(25-21)19-13-7-12-18(14-19)16-8-3-1-4-9-16/h2-3,5-15H,1,4H2. The Kier molecular flexibility index (Phi) is 4.57. The van der Waals surface area contributed by atoms with Crippen molar-refractivity contribution in [3.05, 3.63) is 89.1 Å². The van der Waals surface area contributed by atoms with Crippen LogP contribution in [0.4, 0.5) is 0 Å². The maximum Gasteiger partial charge on any atom is 0.161 e. The lowest BCUT2D eigenvalue weighted by atomic mass is 9.98. The van der Waals surface area contributed by atoms with Crippen molar-refractivity contribution >= 4 is 21.5 Å². The Hall–Kier alpha value is -2.52. The summed E-state index contributed by atoms with van der Waals surface area (Å²) in [5.74, 6) is 0.732. The van der Waals surface area contributed by atoms with Gasteiger partial charge in [0.1, 0.15) is 4.60 Å². The van der Waals surface area contributed by atoms with E-state index < -0.39 is 0 Å². The molecule has 0 unspecified atom stereocenters. The van der Waals surface area contributed by atoms with E-state index in [2.05, 4.69) is 75.5 Å². The molecule has 3 aromatic rings. The van der Waals surface area contributed by atoms with Crippen LogP contribution in [0.15, 0.2) is 83.5 Å². The summed E-state index contributed by atoms with van der Waals surface area (Å²) in [4.78, 5) is 9.37. The van der Waals surface area contributed by atoms with Crippen LogP contribution < -0.4 is 0 Å². The molecule has 0 fully saturated rings. The molecular weight excluding hydrogens is 372 g/mol. The van der Waals surface area contributed by atoms with Gasteiger partial charge >= 0.3 is 0 Å². The van der Waals surface area contributed by atoms with Crippen molar-refractivity contribution in [2.45, 2.75) is 12.8 Å². The van der Waals surface area contributed by atoms with Crippen LogP contribution in [0.1, 0.15) is 18.4 Å². The second kappa shape index (κ2) is 7.16. The lowest BCUT2D eigenvalue weighted by molar-refractivity contribution is 1.04. The SMILES string of the molecule is Brc1cc(-c2ccccc2)nc(-c2cccc(C3=CCCC=C3)c2)n1. The number of hydrogen-bond donors (Lipinski definition) is 0. The Balaban J connectivity index is 1.76. The smallest absolute Gasteiger partial charge is 0.161 e. The lowest BCUT2D eigenvalue weighted by Crippen LogP contribution is -1.94. The number of benzene rings is 2. The fraction of sp³-hybridized carbons (Fsp3) is 0.0909. The van der Waals surface area contributed by atoms with Crippen molar-refractivity contribution in [2.24, 2.45) is 0 Å². The molecule has 0 radical (unpaired) electrons. The molecule has 0 saturated carbocycles. The minimum atomic E-state index is 0.732. The molecule has 0 bridgehead atoms. The predicted octanol–water partition coefficient (Wildman–Crippen LogP) is 6.31. The first-order valence-corrected chi connectivity index (χ1v) is 9.16. The second-order valence-corrected chi connectivity index (χ2v) is 6.80. The first-order chi connectivity index (χ1) is 12.3. The van der Waals surface area contributed by atoms with Crippen molar-refractivity contribution in [2.75, 3.05) is 0 Å². The van der Waals surface area contributed by atoms with Crippen molar-refractivity contribution in [1.29, 1.82) is 0 Å². The van der Waals surface area contributed by atoms with E-state index in [0.717, 1.165) is 40.1 Å². The molecule has 0 saturated heterocycles. The number of aromatic nitrogens is 2. The van der Waals surface area contributed by atoms with E-state index in [4.69, 9.17) is 4.98 Å². The zero-order chi connectivity index (χ0) is 17.1. The Labute approximate surface area is 156 Å². The third kappa shape index (κ3) is 3.62. The van der Waals surface area contributed by atoms with E-state index in [9.17, 15) is 0 Å². The van der Waals surface area contributed by atoms with Crippen molar-refractivity contribution in [3.63, 3.8) is 0 Å². The molecule has 1 aromatic heterocycles. The summed E-state index contributed by atoms with van der Waals surface area (Å²) >= 11 is 3.53. The van der Waals surface area contributed by atoms with Crippen LogP contribution in [0.5, 0.6) is 0 Å². The Morgan fingerprint density at radius 2 is 1.56 bits per heavy atom. The normalized spacial score (nSPS) is 13.6.